The van der Waals surface area contributed by atoms with Gasteiger partial charge in [-0.1, -0.05) is 12.1 Å². The van der Waals surface area contributed by atoms with Gasteiger partial charge >= 0.3 is 0 Å². The predicted molar refractivity (Wildman–Crippen MR) is 120 cm³/mol. The van der Waals surface area contributed by atoms with Crippen molar-refractivity contribution >= 4 is 38.2 Å². The molecule has 0 spiro atoms. The van der Waals surface area contributed by atoms with Crippen molar-refractivity contribution in [3.05, 3.63) is 33.1 Å². The first-order valence-corrected chi connectivity index (χ1v) is 12.6. The topological polar surface area (TPSA) is 93.4 Å². The van der Waals surface area contributed by atoms with Crippen molar-refractivity contribution in [3.8, 4) is 11.3 Å². The van der Waals surface area contributed by atoms with Crippen molar-refractivity contribution in [1.29, 1.82) is 0 Å². The highest BCUT2D eigenvalue weighted by atomic mass is 32.2. The minimum Gasteiger partial charge on any atom is -0.335 e. The summed E-state index contributed by atoms with van der Waals surface area (Å²) in [5.41, 5.74) is 2.91. The van der Waals surface area contributed by atoms with Crippen LogP contribution in [-0.2, 0) is 9.84 Å². The van der Waals surface area contributed by atoms with Crippen molar-refractivity contribution < 1.29 is 17.7 Å². The molecule has 0 aromatic carbocycles. The van der Waals surface area contributed by atoms with Crippen LogP contribution in [0.25, 0.3) is 22.4 Å². The van der Waals surface area contributed by atoms with Crippen LogP contribution in [-0.4, -0.2) is 53.5 Å². The van der Waals surface area contributed by atoms with E-state index in [0.29, 0.717) is 34.6 Å². The molecule has 7 nitrogen and oxygen atoms in total. The van der Waals surface area contributed by atoms with Gasteiger partial charge in [-0.2, -0.15) is 0 Å². The summed E-state index contributed by atoms with van der Waals surface area (Å²) in [6.07, 6.45) is 0. The fraction of sp³-hybridized carbons (Fsp3) is 0.476. The molecule has 0 saturated heterocycles. The third-order valence-corrected chi connectivity index (χ3v) is 8.07. The zero-order chi connectivity index (χ0) is 22.2. The number of carbonyl (C=O) groups excluding carboxylic acids is 1. The zero-order valence-corrected chi connectivity index (χ0v) is 19.8. The Morgan fingerprint density at radius 2 is 1.93 bits per heavy atom. The molecule has 1 unspecified atom stereocenters. The second-order valence-electron chi connectivity index (χ2n) is 7.47. The number of fused-ring (bicyclic) bond motifs is 1. The van der Waals surface area contributed by atoms with Gasteiger partial charge in [0.05, 0.1) is 28.1 Å². The monoisotopic (exact) mass is 449 g/mol. The van der Waals surface area contributed by atoms with Crippen molar-refractivity contribution in [2.45, 2.75) is 47.6 Å². The summed E-state index contributed by atoms with van der Waals surface area (Å²) < 4.78 is 29.6. The zero-order valence-electron chi connectivity index (χ0n) is 18.1. The summed E-state index contributed by atoms with van der Waals surface area (Å²) in [4.78, 5) is 22.0. The van der Waals surface area contributed by atoms with Crippen LogP contribution in [0.1, 0.15) is 46.6 Å². The van der Waals surface area contributed by atoms with E-state index in [9.17, 15) is 13.2 Å². The second kappa shape index (κ2) is 8.47. The summed E-state index contributed by atoms with van der Waals surface area (Å²) in [7, 11) is -3.22. The van der Waals surface area contributed by atoms with Gasteiger partial charge < -0.3 is 9.42 Å². The minimum absolute atomic E-state index is 0.0499. The maximum Gasteiger partial charge on any atom is 0.259 e. The number of pyridine rings is 1. The standard InChI is InChI=1S/C21H27N3O4S2/c1-7-24(12(3)11-30(26,27)8-2)21(25)17-10-18(16-9-13(4)29-15(16)6)22-20-19(17)14(5)23-28-20/h9-10,12H,7-8,11H2,1-6H3. The molecule has 9 heteroatoms. The highest BCUT2D eigenvalue weighted by molar-refractivity contribution is 7.91. The number of nitrogens with zero attached hydrogens (tertiary/aromatic N) is 3. The number of amides is 1. The van der Waals surface area contributed by atoms with E-state index in [2.05, 4.69) is 10.1 Å². The third kappa shape index (κ3) is 4.27. The highest BCUT2D eigenvalue weighted by Crippen LogP contribution is 2.33. The molecule has 1 amide bonds. The van der Waals surface area contributed by atoms with Gasteiger partial charge in [0.15, 0.2) is 9.84 Å². The van der Waals surface area contributed by atoms with Crippen LogP contribution in [0.2, 0.25) is 0 Å². The van der Waals surface area contributed by atoms with Crippen LogP contribution in [0.4, 0.5) is 0 Å². The average molecular weight is 450 g/mol. The van der Waals surface area contributed by atoms with Gasteiger partial charge in [-0.15, -0.1) is 11.3 Å². The molecule has 0 bridgehead atoms. The first-order chi connectivity index (χ1) is 14.1. The van der Waals surface area contributed by atoms with Crippen LogP contribution in [0.5, 0.6) is 0 Å². The van der Waals surface area contributed by atoms with E-state index in [1.165, 1.54) is 0 Å². The van der Waals surface area contributed by atoms with Crippen LogP contribution in [0.15, 0.2) is 16.7 Å². The largest absolute Gasteiger partial charge is 0.335 e. The maximum absolute atomic E-state index is 13.6. The van der Waals surface area contributed by atoms with Gasteiger partial charge in [0.25, 0.3) is 11.6 Å². The quantitative estimate of drug-likeness (QED) is 0.538. The van der Waals surface area contributed by atoms with Crippen molar-refractivity contribution in [2.75, 3.05) is 18.1 Å². The first kappa shape index (κ1) is 22.4. The van der Waals surface area contributed by atoms with E-state index in [1.807, 2.05) is 26.8 Å². The number of sulfone groups is 1. The molecule has 3 heterocycles. The smallest absolute Gasteiger partial charge is 0.259 e. The Kier molecular flexibility index (Phi) is 6.33. The van der Waals surface area contributed by atoms with Crippen LogP contribution in [0, 0.1) is 20.8 Å². The van der Waals surface area contributed by atoms with E-state index in [-0.39, 0.29) is 17.4 Å². The molecule has 1 atom stereocenters. The predicted octanol–water partition coefficient (Wildman–Crippen LogP) is 4.16. The molecule has 0 N–H and O–H groups in total. The Morgan fingerprint density at radius 1 is 1.23 bits per heavy atom. The maximum atomic E-state index is 13.6. The molecule has 0 aliphatic heterocycles. The van der Waals surface area contributed by atoms with Crippen molar-refractivity contribution in [3.63, 3.8) is 0 Å². The number of carbonyl (C=O) groups is 1. The van der Waals surface area contributed by atoms with E-state index < -0.39 is 15.9 Å². The van der Waals surface area contributed by atoms with Gasteiger partial charge in [0, 0.05) is 33.7 Å². The summed E-state index contributed by atoms with van der Waals surface area (Å²) in [6, 6.07) is 3.36. The Balaban J connectivity index is 2.12. The summed E-state index contributed by atoms with van der Waals surface area (Å²) in [5.74, 6) is -0.273. The Bertz CT molecular complexity index is 1190. The number of hydrogen-bond donors (Lipinski definition) is 0. The lowest BCUT2D eigenvalue weighted by molar-refractivity contribution is 0.0721. The molecule has 0 aliphatic rings. The molecule has 3 aromatic heterocycles. The number of hydrogen-bond acceptors (Lipinski definition) is 7. The van der Waals surface area contributed by atoms with Crippen molar-refractivity contribution in [2.24, 2.45) is 0 Å². The molecule has 3 aromatic rings. The number of rotatable bonds is 7. The Hall–Kier alpha value is -2.26. The molecular weight excluding hydrogens is 422 g/mol. The number of thiophene rings is 1. The SMILES string of the molecule is CCN(C(=O)c1cc(-c2cc(C)sc2C)nc2onc(C)c12)C(C)CS(=O)(=O)CC. The van der Waals surface area contributed by atoms with E-state index >= 15 is 0 Å². The second-order valence-corrected chi connectivity index (χ2v) is 11.3. The molecular formula is C21H27N3O4S2. The molecule has 30 heavy (non-hydrogen) atoms. The lowest BCUT2D eigenvalue weighted by atomic mass is 10.0. The van der Waals surface area contributed by atoms with Gasteiger partial charge in [-0.3, -0.25) is 4.79 Å². The molecule has 0 aliphatic carbocycles. The van der Waals surface area contributed by atoms with Crippen LogP contribution in [0.3, 0.4) is 0 Å². The fourth-order valence-electron chi connectivity index (χ4n) is 3.67. The highest BCUT2D eigenvalue weighted by Gasteiger charge is 2.28. The third-order valence-electron chi connectivity index (χ3n) is 5.23. The molecule has 0 radical (unpaired) electrons. The van der Waals surface area contributed by atoms with Gasteiger partial charge in [0.1, 0.15) is 0 Å². The minimum atomic E-state index is -3.22. The number of aromatic nitrogens is 2. The lowest BCUT2D eigenvalue weighted by Crippen LogP contribution is -2.42. The fourth-order valence-corrected chi connectivity index (χ4v) is 5.76. The molecule has 162 valence electrons. The normalized spacial score (nSPS) is 13.0. The molecule has 0 fully saturated rings. The number of aryl methyl sites for hydroxylation is 3. The van der Waals surface area contributed by atoms with E-state index in [1.54, 1.807) is 43.1 Å². The van der Waals surface area contributed by atoms with E-state index in [0.717, 1.165) is 15.3 Å². The van der Waals surface area contributed by atoms with E-state index in [4.69, 9.17) is 4.52 Å². The van der Waals surface area contributed by atoms with Gasteiger partial charge in [-0.25, -0.2) is 13.4 Å². The molecule has 0 saturated carbocycles. The summed E-state index contributed by atoms with van der Waals surface area (Å²) in [6.45, 7) is 11.4. The van der Waals surface area contributed by atoms with Crippen molar-refractivity contribution in [1.82, 2.24) is 15.0 Å². The summed E-state index contributed by atoms with van der Waals surface area (Å²) in [5, 5.41) is 4.57. The Morgan fingerprint density at radius 3 is 2.50 bits per heavy atom. The van der Waals surface area contributed by atoms with Crippen LogP contribution >= 0.6 is 11.3 Å². The van der Waals surface area contributed by atoms with Gasteiger partial charge in [-0.05, 0) is 46.8 Å². The Labute approximate surface area is 181 Å². The summed E-state index contributed by atoms with van der Waals surface area (Å²) >= 11 is 1.67. The first-order valence-electron chi connectivity index (χ1n) is 9.93. The lowest BCUT2D eigenvalue weighted by Gasteiger charge is -2.28. The molecule has 3 rings (SSSR count). The average Bonchev–Trinajstić information content (AvgIpc) is 3.22. The van der Waals surface area contributed by atoms with Crippen LogP contribution < -0.4 is 0 Å². The van der Waals surface area contributed by atoms with Gasteiger partial charge in [0.2, 0.25) is 0 Å².